The second-order valence-corrected chi connectivity index (χ2v) is 7.80. The van der Waals surface area contributed by atoms with Crippen LogP contribution in [0.3, 0.4) is 0 Å². The number of allylic oxidation sites excluding steroid dienone is 1. The number of aromatic nitrogens is 3. The lowest BCUT2D eigenvalue weighted by atomic mass is 10.2. The molecule has 10 heteroatoms. The molecule has 0 fully saturated rings. The van der Waals surface area contributed by atoms with Crippen molar-refractivity contribution < 1.29 is 13.9 Å². The van der Waals surface area contributed by atoms with E-state index in [2.05, 4.69) is 22.1 Å². The first-order valence-corrected chi connectivity index (χ1v) is 10.4. The zero-order valence-electron chi connectivity index (χ0n) is 15.9. The number of nitrogens with one attached hydrogen (secondary N) is 1. The number of nitrogens with zero attached hydrogens (tertiary/aromatic N) is 3. The molecule has 1 heterocycles. The van der Waals surface area contributed by atoms with Crippen LogP contribution in [-0.4, -0.2) is 33.5 Å². The molecule has 0 saturated heterocycles. The van der Waals surface area contributed by atoms with Gasteiger partial charge in [-0.15, -0.1) is 16.8 Å². The maximum atomic E-state index is 13.3. The molecule has 6 nitrogen and oxygen atoms in total. The number of methoxy groups -OCH3 is 1. The van der Waals surface area contributed by atoms with Crippen LogP contribution in [0, 0.1) is 5.82 Å². The highest BCUT2D eigenvalue weighted by atomic mass is 35.5. The van der Waals surface area contributed by atoms with Gasteiger partial charge in [0.05, 0.1) is 23.4 Å². The maximum absolute atomic E-state index is 13.3. The Bertz CT molecular complexity index is 1090. The molecule has 0 unspecified atom stereocenters. The topological polar surface area (TPSA) is 69.0 Å². The van der Waals surface area contributed by atoms with Crippen LogP contribution in [0.15, 0.2) is 54.2 Å². The van der Waals surface area contributed by atoms with Crippen molar-refractivity contribution in [2.75, 3.05) is 18.2 Å². The van der Waals surface area contributed by atoms with Crippen molar-refractivity contribution in [3.05, 3.63) is 64.9 Å². The minimum Gasteiger partial charge on any atom is -0.496 e. The first-order valence-electron chi connectivity index (χ1n) is 8.68. The smallest absolute Gasteiger partial charge is 0.234 e. The van der Waals surface area contributed by atoms with Gasteiger partial charge in [0.1, 0.15) is 11.6 Å². The largest absolute Gasteiger partial charge is 0.496 e. The number of thioether (sulfide) groups is 1. The molecule has 0 aliphatic heterocycles. The molecule has 3 aromatic rings. The molecule has 0 bridgehead atoms. The lowest BCUT2D eigenvalue weighted by Crippen LogP contribution is -2.14. The summed E-state index contributed by atoms with van der Waals surface area (Å²) in [6.45, 7) is 4.20. The molecule has 156 valence electrons. The normalized spacial score (nSPS) is 10.7. The quantitative estimate of drug-likeness (QED) is 0.359. The first kappa shape index (κ1) is 22.1. The summed E-state index contributed by atoms with van der Waals surface area (Å²) in [5, 5.41) is 12.1. The number of benzene rings is 2. The average Bonchev–Trinajstić information content (AvgIpc) is 3.12. The van der Waals surface area contributed by atoms with E-state index in [1.54, 1.807) is 31.4 Å². The monoisotopic (exact) mass is 466 g/mol. The highest BCUT2D eigenvalue weighted by Gasteiger charge is 2.18. The standard InChI is InChI=1S/C20H17Cl2FN4O2S/c1-3-8-27-19(14-9-12(21)4-7-17(14)29-2)25-26-20(27)30-11-18(28)24-13-5-6-16(23)15(22)10-13/h3-7,9-10H,1,8,11H2,2H3,(H,24,28). The highest BCUT2D eigenvalue weighted by Crippen LogP contribution is 2.33. The van der Waals surface area contributed by atoms with E-state index in [0.717, 1.165) is 0 Å². The molecule has 0 radical (unpaired) electrons. The Labute approximate surface area is 187 Å². The van der Waals surface area contributed by atoms with E-state index in [1.165, 1.54) is 30.0 Å². The Balaban J connectivity index is 1.78. The Morgan fingerprint density at radius 2 is 2.10 bits per heavy atom. The molecule has 0 spiro atoms. The van der Waals surface area contributed by atoms with Gasteiger partial charge in [-0.2, -0.15) is 0 Å². The number of carbonyl (C=O) groups excluding carboxylic acids is 1. The Morgan fingerprint density at radius 1 is 1.30 bits per heavy atom. The van der Waals surface area contributed by atoms with E-state index in [9.17, 15) is 9.18 Å². The Kier molecular flexibility index (Phi) is 7.36. The number of carbonyl (C=O) groups is 1. The lowest BCUT2D eigenvalue weighted by molar-refractivity contribution is -0.113. The zero-order valence-corrected chi connectivity index (χ0v) is 18.2. The minimum atomic E-state index is -0.550. The SMILES string of the molecule is C=CCn1c(SCC(=O)Nc2ccc(F)c(Cl)c2)nnc1-c1cc(Cl)ccc1OC. The van der Waals surface area contributed by atoms with Crippen LogP contribution in [0.5, 0.6) is 5.75 Å². The third-order valence-electron chi connectivity index (χ3n) is 3.97. The van der Waals surface area contributed by atoms with Crippen LogP contribution in [0.4, 0.5) is 10.1 Å². The predicted molar refractivity (Wildman–Crippen MR) is 118 cm³/mol. The van der Waals surface area contributed by atoms with Gasteiger partial charge in [-0.1, -0.05) is 41.0 Å². The molecule has 0 aliphatic rings. The maximum Gasteiger partial charge on any atom is 0.234 e. The first-order chi connectivity index (χ1) is 14.4. The fourth-order valence-corrected chi connectivity index (χ4v) is 3.74. The highest BCUT2D eigenvalue weighted by molar-refractivity contribution is 7.99. The second-order valence-electron chi connectivity index (χ2n) is 6.02. The molecular weight excluding hydrogens is 450 g/mol. The molecular formula is C20H17Cl2FN4O2S. The van der Waals surface area contributed by atoms with Gasteiger partial charge in [-0.3, -0.25) is 9.36 Å². The van der Waals surface area contributed by atoms with Gasteiger partial charge in [0, 0.05) is 17.3 Å². The molecule has 0 aliphatic carbocycles. The third-order valence-corrected chi connectivity index (χ3v) is 5.46. The fourth-order valence-electron chi connectivity index (χ4n) is 2.64. The van der Waals surface area contributed by atoms with E-state index in [1.807, 2.05) is 4.57 Å². The molecule has 3 rings (SSSR count). The number of halogens is 3. The Morgan fingerprint density at radius 3 is 2.80 bits per heavy atom. The molecule has 1 amide bonds. The number of amides is 1. The number of hydrogen-bond donors (Lipinski definition) is 1. The van der Waals surface area contributed by atoms with Gasteiger partial charge in [0.2, 0.25) is 5.91 Å². The van der Waals surface area contributed by atoms with Crippen LogP contribution in [0.2, 0.25) is 10.0 Å². The zero-order chi connectivity index (χ0) is 21.7. The fraction of sp³-hybridized carbons (Fsp3) is 0.150. The summed E-state index contributed by atoms with van der Waals surface area (Å²) in [5.41, 5.74) is 1.08. The minimum absolute atomic E-state index is 0.0636. The van der Waals surface area contributed by atoms with Crippen LogP contribution in [0.1, 0.15) is 0 Å². The predicted octanol–water partition coefficient (Wildman–Crippen LogP) is 5.32. The van der Waals surface area contributed by atoms with Crippen molar-refractivity contribution in [2.24, 2.45) is 0 Å². The molecule has 30 heavy (non-hydrogen) atoms. The van der Waals surface area contributed by atoms with Crippen molar-refractivity contribution in [3.63, 3.8) is 0 Å². The van der Waals surface area contributed by atoms with Crippen LogP contribution >= 0.6 is 35.0 Å². The summed E-state index contributed by atoms with van der Waals surface area (Å²) >= 11 is 13.1. The van der Waals surface area contributed by atoms with Crippen molar-refractivity contribution in [1.29, 1.82) is 0 Å². The summed E-state index contributed by atoms with van der Waals surface area (Å²) in [6, 6.07) is 9.19. The van der Waals surface area contributed by atoms with E-state index >= 15 is 0 Å². The van der Waals surface area contributed by atoms with Crippen molar-refractivity contribution in [2.45, 2.75) is 11.7 Å². The van der Waals surface area contributed by atoms with Gasteiger partial charge in [-0.05, 0) is 36.4 Å². The van der Waals surface area contributed by atoms with Crippen molar-refractivity contribution in [3.8, 4) is 17.1 Å². The van der Waals surface area contributed by atoms with Gasteiger partial charge >= 0.3 is 0 Å². The third kappa shape index (κ3) is 5.13. The van der Waals surface area contributed by atoms with Crippen LogP contribution in [0.25, 0.3) is 11.4 Å². The van der Waals surface area contributed by atoms with E-state index in [0.29, 0.717) is 39.5 Å². The summed E-state index contributed by atoms with van der Waals surface area (Å²) in [7, 11) is 1.56. The molecule has 1 N–H and O–H groups in total. The molecule has 1 aromatic heterocycles. The number of rotatable bonds is 8. The molecule has 2 aromatic carbocycles. The Hall–Kier alpha value is -2.55. The lowest BCUT2D eigenvalue weighted by Gasteiger charge is -2.11. The van der Waals surface area contributed by atoms with Crippen molar-refractivity contribution >= 4 is 46.6 Å². The van der Waals surface area contributed by atoms with E-state index in [4.69, 9.17) is 27.9 Å². The summed E-state index contributed by atoms with van der Waals surface area (Å²) in [5.74, 6) is 0.363. The van der Waals surface area contributed by atoms with E-state index in [-0.39, 0.29) is 16.7 Å². The van der Waals surface area contributed by atoms with Gasteiger partial charge in [0.15, 0.2) is 11.0 Å². The van der Waals surface area contributed by atoms with E-state index < -0.39 is 5.82 Å². The second kappa shape index (κ2) is 9.97. The summed E-state index contributed by atoms with van der Waals surface area (Å²) in [4.78, 5) is 12.3. The van der Waals surface area contributed by atoms with Crippen LogP contribution in [-0.2, 0) is 11.3 Å². The average molecular weight is 467 g/mol. The van der Waals surface area contributed by atoms with Gasteiger partial charge in [-0.25, -0.2) is 4.39 Å². The molecule has 0 atom stereocenters. The van der Waals surface area contributed by atoms with Crippen molar-refractivity contribution in [1.82, 2.24) is 14.8 Å². The number of anilines is 1. The van der Waals surface area contributed by atoms with Gasteiger partial charge < -0.3 is 10.1 Å². The summed E-state index contributed by atoms with van der Waals surface area (Å²) < 4.78 is 20.5. The summed E-state index contributed by atoms with van der Waals surface area (Å²) in [6.07, 6.45) is 1.70. The molecule has 0 saturated carbocycles. The van der Waals surface area contributed by atoms with Gasteiger partial charge in [0.25, 0.3) is 0 Å². The number of ether oxygens (including phenoxy) is 1. The number of hydrogen-bond acceptors (Lipinski definition) is 5. The van der Waals surface area contributed by atoms with Crippen LogP contribution < -0.4 is 10.1 Å².